The van der Waals surface area contributed by atoms with Gasteiger partial charge in [0.15, 0.2) is 0 Å². The highest BCUT2D eigenvalue weighted by molar-refractivity contribution is 5.65. The van der Waals surface area contributed by atoms with E-state index in [0.29, 0.717) is 6.61 Å². The minimum atomic E-state index is -0.206. The summed E-state index contributed by atoms with van der Waals surface area (Å²) in [7, 11) is 0. The predicted molar refractivity (Wildman–Crippen MR) is 59.1 cm³/mol. The first-order valence-electron chi connectivity index (χ1n) is 4.94. The van der Waals surface area contributed by atoms with Crippen LogP contribution in [0, 0.1) is 0 Å². The van der Waals surface area contributed by atoms with E-state index in [1.165, 1.54) is 18.1 Å². The Hall–Kier alpha value is -1.05. The zero-order chi connectivity index (χ0) is 11.0. The van der Waals surface area contributed by atoms with Crippen molar-refractivity contribution in [3.05, 3.63) is 23.3 Å². The fourth-order valence-electron chi connectivity index (χ4n) is 0.954. The first-order valence-corrected chi connectivity index (χ1v) is 4.94. The van der Waals surface area contributed by atoms with E-state index in [0.717, 1.165) is 12.8 Å². The van der Waals surface area contributed by atoms with Gasteiger partial charge in [-0.3, -0.25) is 4.79 Å². The molecule has 2 nitrogen and oxygen atoms in total. The second-order valence-electron chi connectivity index (χ2n) is 3.66. The largest absolute Gasteiger partial charge is 0.466 e. The molecule has 0 atom stereocenters. The Morgan fingerprint density at radius 1 is 1.14 bits per heavy atom. The van der Waals surface area contributed by atoms with E-state index in [9.17, 15) is 4.79 Å². The van der Waals surface area contributed by atoms with Crippen LogP contribution in [0.15, 0.2) is 23.3 Å². The van der Waals surface area contributed by atoms with Crippen molar-refractivity contribution >= 4 is 5.97 Å². The highest BCUT2D eigenvalue weighted by Gasteiger charge is 1.93. The lowest BCUT2D eigenvalue weighted by molar-refractivity contribution is -0.140. The topological polar surface area (TPSA) is 26.3 Å². The lowest BCUT2D eigenvalue weighted by Gasteiger charge is -2.01. The van der Waals surface area contributed by atoms with Crippen LogP contribution in [0.25, 0.3) is 0 Å². The van der Waals surface area contributed by atoms with E-state index in [4.69, 9.17) is 4.74 Å². The van der Waals surface area contributed by atoms with E-state index in [1.807, 2.05) is 0 Å². The molecule has 0 amide bonds. The van der Waals surface area contributed by atoms with Gasteiger partial charge >= 0.3 is 5.97 Å². The average molecular weight is 196 g/mol. The standard InChI is InChI=1S/C12H20O2/c1-10(2)6-5-7-11(3)8-9-14-12(4)13/h6-7H,5,8-9H2,1-4H3. The molecule has 80 valence electrons. The molecule has 0 rings (SSSR count). The van der Waals surface area contributed by atoms with Crippen LogP contribution in [0.2, 0.25) is 0 Å². The summed E-state index contributed by atoms with van der Waals surface area (Å²) < 4.78 is 4.84. The van der Waals surface area contributed by atoms with Crippen LogP contribution in [0.3, 0.4) is 0 Å². The SMILES string of the molecule is CC(=O)OCCC(C)=CCC=C(C)C. The molecule has 0 aliphatic rings. The van der Waals surface area contributed by atoms with Crippen molar-refractivity contribution in [2.24, 2.45) is 0 Å². The van der Waals surface area contributed by atoms with Crippen molar-refractivity contribution in [1.82, 2.24) is 0 Å². The number of hydrogen-bond acceptors (Lipinski definition) is 2. The molecule has 0 bridgehead atoms. The van der Waals surface area contributed by atoms with Crippen molar-refractivity contribution in [3.8, 4) is 0 Å². The highest BCUT2D eigenvalue weighted by atomic mass is 16.5. The van der Waals surface area contributed by atoms with Gasteiger partial charge in [0.05, 0.1) is 6.61 Å². The first kappa shape index (κ1) is 12.9. The van der Waals surface area contributed by atoms with Crippen molar-refractivity contribution in [2.75, 3.05) is 6.61 Å². The second-order valence-corrected chi connectivity index (χ2v) is 3.66. The van der Waals surface area contributed by atoms with Crippen LogP contribution < -0.4 is 0 Å². The quantitative estimate of drug-likeness (QED) is 0.498. The Morgan fingerprint density at radius 2 is 1.79 bits per heavy atom. The van der Waals surface area contributed by atoms with Crippen LogP contribution in [0.5, 0.6) is 0 Å². The molecule has 2 heteroatoms. The molecule has 0 N–H and O–H groups in total. The molecule has 0 aromatic heterocycles. The van der Waals surface area contributed by atoms with Gasteiger partial charge in [0.2, 0.25) is 0 Å². The molecule has 0 fully saturated rings. The van der Waals surface area contributed by atoms with E-state index >= 15 is 0 Å². The third kappa shape index (κ3) is 9.04. The molecule has 0 heterocycles. The highest BCUT2D eigenvalue weighted by Crippen LogP contribution is 2.03. The summed E-state index contributed by atoms with van der Waals surface area (Å²) in [5, 5.41) is 0. The third-order valence-corrected chi connectivity index (χ3v) is 1.79. The number of hydrogen-bond donors (Lipinski definition) is 0. The van der Waals surface area contributed by atoms with E-state index < -0.39 is 0 Å². The molecule has 14 heavy (non-hydrogen) atoms. The number of carbonyl (C=O) groups excluding carboxylic acids is 1. The zero-order valence-electron chi connectivity index (χ0n) is 9.59. The van der Waals surface area contributed by atoms with Crippen molar-refractivity contribution in [1.29, 1.82) is 0 Å². The minimum Gasteiger partial charge on any atom is -0.466 e. The van der Waals surface area contributed by atoms with Crippen LogP contribution >= 0.6 is 0 Å². The second kappa shape index (κ2) is 7.36. The average Bonchev–Trinajstić information content (AvgIpc) is 2.02. The first-order chi connectivity index (χ1) is 6.52. The molecule has 0 aromatic carbocycles. The van der Waals surface area contributed by atoms with Crippen LogP contribution in [0.1, 0.15) is 40.5 Å². The van der Waals surface area contributed by atoms with E-state index in [2.05, 4.69) is 32.9 Å². The maximum absolute atomic E-state index is 10.5. The van der Waals surface area contributed by atoms with Gasteiger partial charge in [-0.25, -0.2) is 0 Å². The molecule has 0 saturated heterocycles. The van der Waals surface area contributed by atoms with Gasteiger partial charge in [-0.15, -0.1) is 0 Å². The minimum absolute atomic E-state index is 0.206. The summed E-state index contributed by atoms with van der Waals surface area (Å²) in [4.78, 5) is 10.5. The maximum atomic E-state index is 10.5. The summed E-state index contributed by atoms with van der Waals surface area (Å²) in [5.41, 5.74) is 2.60. The van der Waals surface area contributed by atoms with E-state index in [-0.39, 0.29) is 5.97 Å². The van der Waals surface area contributed by atoms with Gasteiger partial charge in [0.25, 0.3) is 0 Å². The molecule has 0 spiro atoms. The number of ether oxygens (including phenoxy) is 1. The number of rotatable bonds is 5. The van der Waals surface area contributed by atoms with Gasteiger partial charge < -0.3 is 4.74 Å². The summed E-state index contributed by atoms with van der Waals surface area (Å²) in [6.07, 6.45) is 6.14. The molecule has 0 aliphatic carbocycles. The lowest BCUT2D eigenvalue weighted by Crippen LogP contribution is -2.00. The molecular formula is C12H20O2. The van der Waals surface area contributed by atoms with Gasteiger partial charge in [-0.2, -0.15) is 0 Å². The van der Waals surface area contributed by atoms with Crippen LogP contribution in [0.4, 0.5) is 0 Å². The summed E-state index contributed by atoms with van der Waals surface area (Å²) in [6, 6.07) is 0. The molecule has 0 aromatic rings. The van der Waals surface area contributed by atoms with E-state index in [1.54, 1.807) is 0 Å². The van der Waals surface area contributed by atoms with Crippen molar-refractivity contribution in [2.45, 2.75) is 40.5 Å². The number of esters is 1. The Balaban J connectivity index is 3.67. The van der Waals surface area contributed by atoms with Gasteiger partial charge in [-0.1, -0.05) is 23.3 Å². The maximum Gasteiger partial charge on any atom is 0.302 e. The monoisotopic (exact) mass is 196 g/mol. The van der Waals surface area contributed by atoms with Gasteiger partial charge in [0, 0.05) is 13.3 Å². The van der Waals surface area contributed by atoms with Crippen molar-refractivity contribution < 1.29 is 9.53 Å². The summed E-state index contributed by atoms with van der Waals surface area (Å²) in [6.45, 7) is 8.15. The predicted octanol–water partition coefficient (Wildman–Crippen LogP) is 3.24. The molecular weight excluding hydrogens is 176 g/mol. The van der Waals surface area contributed by atoms with Crippen molar-refractivity contribution in [3.63, 3.8) is 0 Å². The Bertz CT molecular complexity index is 233. The van der Waals surface area contributed by atoms with Crippen LogP contribution in [-0.2, 0) is 9.53 Å². The van der Waals surface area contributed by atoms with Crippen LogP contribution in [-0.4, -0.2) is 12.6 Å². The summed E-state index contributed by atoms with van der Waals surface area (Å²) >= 11 is 0. The lowest BCUT2D eigenvalue weighted by atomic mass is 10.1. The Morgan fingerprint density at radius 3 is 2.29 bits per heavy atom. The fraction of sp³-hybridized carbons (Fsp3) is 0.583. The van der Waals surface area contributed by atoms with Gasteiger partial charge in [-0.05, 0) is 27.2 Å². The smallest absolute Gasteiger partial charge is 0.302 e. The fourth-order valence-corrected chi connectivity index (χ4v) is 0.954. The molecule has 0 saturated carbocycles. The Labute approximate surface area is 86.6 Å². The number of allylic oxidation sites excluding steroid dienone is 3. The zero-order valence-corrected chi connectivity index (χ0v) is 9.59. The molecule has 0 radical (unpaired) electrons. The normalized spacial score (nSPS) is 11.0. The number of carbonyl (C=O) groups is 1. The Kier molecular flexibility index (Phi) is 6.81. The molecule has 0 aliphatic heterocycles. The summed E-state index contributed by atoms with van der Waals surface area (Å²) in [5.74, 6) is -0.206. The van der Waals surface area contributed by atoms with Gasteiger partial charge in [0.1, 0.15) is 0 Å². The molecule has 0 unspecified atom stereocenters. The third-order valence-electron chi connectivity index (χ3n) is 1.79.